The molecule has 1 heterocycles. The lowest BCUT2D eigenvalue weighted by Crippen LogP contribution is -2.43. The molecule has 0 aromatic heterocycles. The first-order valence-electron chi connectivity index (χ1n) is 7.96. The number of ether oxygens (including phenoxy) is 1. The maximum absolute atomic E-state index is 12.0. The molecule has 2 aromatic rings. The Morgan fingerprint density at radius 1 is 1.04 bits per heavy atom. The fourth-order valence-electron chi connectivity index (χ4n) is 2.61. The first-order chi connectivity index (χ1) is 12.0. The molecule has 128 valence electrons. The SMILES string of the molecule is C[C@]1(CCc2ccc(OC(=O)c3ccccc3)cc2)NC(=O)NC1=O. The van der Waals surface area contributed by atoms with Crippen molar-refractivity contribution in [3.05, 3.63) is 65.7 Å². The van der Waals surface area contributed by atoms with Gasteiger partial charge in [-0.05, 0) is 49.6 Å². The van der Waals surface area contributed by atoms with Crippen molar-refractivity contribution in [1.82, 2.24) is 10.6 Å². The van der Waals surface area contributed by atoms with E-state index in [1.54, 1.807) is 43.3 Å². The van der Waals surface area contributed by atoms with E-state index >= 15 is 0 Å². The van der Waals surface area contributed by atoms with Crippen molar-refractivity contribution < 1.29 is 19.1 Å². The molecular formula is C19H18N2O4. The molecule has 0 bridgehead atoms. The molecule has 3 amide bonds. The number of urea groups is 1. The fraction of sp³-hybridized carbons (Fsp3) is 0.211. The number of rotatable bonds is 5. The average molecular weight is 338 g/mol. The zero-order valence-electron chi connectivity index (χ0n) is 13.7. The highest BCUT2D eigenvalue weighted by Crippen LogP contribution is 2.20. The minimum Gasteiger partial charge on any atom is -0.423 e. The molecule has 1 fully saturated rings. The highest BCUT2D eigenvalue weighted by Gasteiger charge is 2.41. The Morgan fingerprint density at radius 3 is 2.32 bits per heavy atom. The number of nitrogens with one attached hydrogen (secondary N) is 2. The van der Waals surface area contributed by atoms with Crippen molar-refractivity contribution in [2.24, 2.45) is 0 Å². The summed E-state index contributed by atoms with van der Waals surface area (Å²) in [5, 5.41) is 4.88. The number of aryl methyl sites for hydroxylation is 1. The fourth-order valence-corrected chi connectivity index (χ4v) is 2.61. The highest BCUT2D eigenvalue weighted by molar-refractivity contribution is 6.06. The van der Waals surface area contributed by atoms with E-state index < -0.39 is 17.5 Å². The molecule has 0 unspecified atom stereocenters. The van der Waals surface area contributed by atoms with E-state index in [1.807, 2.05) is 18.2 Å². The van der Waals surface area contributed by atoms with Gasteiger partial charge in [0.15, 0.2) is 0 Å². The van der Waals surface area contributed by atoms with E-state index in [0.29, 0.717) is 24.2 Å². The Hall–Kier alpha value is -3.15. The smallest absolute Gasteiger partial charge is 0.343 e. The topological polar surface area (TPSA) is 84.5 Å². The van der Waals surface area contributed by atoms with Gasteiger partial charge in [0.05, 0.1) is 5.56 Å². The summed E-state index contributed by atoms with van der Waals surface area (Å²) in [5.41, 5.74) is 0.576. The molecule has 25 heavy (non-hydrogen) atoms. The zero-order chi connectivity index (χ0) is 17.9. The Labute approximate surface area is 145 Å². The minimum absolute atomic E-state index is 0.314. The van der Waals surface area contributed by atoms with Gasteiger partial charge in [-0.25, -0.2) is 9.59 Å². The maximum Gasteiger partial charge on any atom is 0.343 e. The van der Waals surface area contributed by atoms with Crippen molar-refractivity contribution in [3.63, 3.8) is 0 Å². The van der Waals surface area contributed by atoms with Gasteiger partial charge in [-0.2, -0.15) is 0 Å². The summed E-state index contributed by atoms with van der Waals surface area (Å²) < 4.78 is 5.32. The van der Waals surface area contributed by atoms with E-state index in [-0.39, 0.29) is 5.91 Å². The molecule has 2 aromatic carbocycles. The van der Waals surface area contributed by atoms with E-state index in [2.05, 4.69) is 10.6 Å². The van der Waals surface area contributed by atoms with Gasteiger partial charge in [-0.1, -0.05) is 30.3 Å². The lowest BCUT2D eigenvalue weighted by atomic mass is 9.93. The summed E-state index contributed by atoms with van der Waals surface area (Å²) >= 11 is 0. The van der Waals surface area contributed by atoms with Crippen LogP contribution in [0.5, 0.6) is 5.75 Å². The van der Waals surface area contributed by atoms with Crippen molar-refractivity contribution in [1.29, 1.82) is 0 Å². The Balaban J connectivity index is 1.58. The van der Waals surface area contributed by atoms with Gasteiger partial charge in [-0.3, -0.25) is 10.1 Å². The molecule has 0 aliphatic carbocycles. The van der Waals surface area contributed by atoms with Gasteiger partial charge < -0.3 is 10.1 Å². The predicted molar refractivity (Wildman–Crippen MR) is 91.2 cm³/mol. The van der Waals surface area contributed by atoms with E-state index in [4.69, 9.17) is 4.74 Å². The molecule has 3 rings (SSSR count). The van der Waals surface area contributed by atoms with Crippen LogP contribution in [-0.4, -0.2) is 23.4 Å². The van der Waals surface area contributed by atoms with E-state index in [9.17, 15) is 14.4 Å². The number of hydrogen-bond donors (Lipinski definition) is 2. The molecular weight excluding hydrogens is 320 g/mol. The summed E-state index contributed by atoms with van der Waals surface area (Å²) in [6, 6.07) is 15.4. The van der Waals surface area contributed by atoms with Crippen LogP contribution >= 0.6 is 0 Å². The summed E-state index contributed by atoms with van der Waals surface area (Å²) in [5.74, 6) is -0.271. The summed E-state index contributed by atoms with van der Waals surface area (Å²) in [6.07, 6.45) is 1.09. The summed E-state index contributed by atoms with van der Waals surface area (Å²) in [6.45, 7) is 1.70. The average Bonchev–Trinajstić information content (AvgIpc) is 2.87. The van der Waals surface area contributed by atoms with Crippen molar-refractivity contribution >= 4 is 17.9 Å². The molecule has 6 nitrogen and oxygen atoms in total. The van der Waals surface area contributed by atoms with Gasteiger partial charge in [0.1, 0.15) is 11.3 Å². The standard InChI is InChI=1S/C19H18N2O4/c1-19(17(23)20-18(24)21-19)12-11-13-7-9-15(10-8-13)25-16(22)14-5-3-2-4-6-14/h2-10H,11-12H2,1H3,(H2,20,21,23,24)/t19-/m1/s1. The summed E-state index contributed by atoms with van der Waals surface area (Å²) in [7, 11) is 0. The van der Waals surface area contributed by atoms with Crippen LogP contribution in [0, 0.1) is 0 Å². The van der Waals surface area contributed by atoms with Crippen LogP contribution < -0.4 is 15.4 Å². The lowest BCUT2D eigenvalue weighted by molar-refractivity contribution is -0.123. The van der Waals surface area contributed by atoms with Crippen LogP contribution in [0.15, 0.2) is 54.6 Å². The second-order valence-corrected chi connectivity index (χ2v) is 6.14. The van der Waals surface area contributed by atoms with Crippen molar-refractivity contribution in [3.8, 4) is 5.75 Å². The van der Waals surface area contributed by atoms with Crippen LogP contribution in [0.4, 0.5) is 4.79 Å². The third-order valence-corrected chi connectivity index (χ3v) is 4.17. The largest absolute Gasteiger partial charge is 0.423 e. The first-order valence-corrected chi connectivity index (χ1v) is 7.96. The number of esters is 1. The normalized spacial score (nSPS) is 19.2. The molecule has 0 saturated carbocycles. The molecule has 6 heteroatoms. The van der Waals surface area contributed by atoms with Gasteiger partial charge in [0, 0.05) is 0 Å². The third kappa shape index (κ3) is 3.85. The van der Waals surface area contributed by atoms with Crippen molar-refractivity contribution in [2.75, 3.05) is 0 Å². The van der Waals surface area contributed by atoms with E-state index in [0.717, 1.165) is 5.56 Å². The lowest BCUT2D eigenvalue weighted by Gasteiger charge is -2.20. The summed E-state index contributed by atoms with van der Waals surface area (Å²) in [4.78, 5) is 35.0. The third-order valence-electron chi connectivity index (χ3n) is 4.17. The number of benzene rings is 2. The number of hydrogen-bond acceptors (Lipinski definition) is 4. The van der Waals surface area contributed by atoms with Gasteiger partial charge in [0.25, 0.3) is 5.91 Å². The monoisotopic (exact) mass is 338 g/mol. The van der Waals surface area contributed by atoms with Crippen LogP contribution in [0.1, 0.15) is 29.3 Å². The van der Waals surface area contributed by atoms with E-state index in [1.165, 1.54) is 0 Å². The van der Waals surface area contributed by atoms with Gasteiger partial charge >= 0.3 is 12.0 Å². The number of carbonyl (C=O) groups excluding carboxylic acids is 3. The molecule has 0 radical (unpaired) electrons. The number of imide groups is 1. The van der Waals surface area contributed by atoms with Gasteiger partial charge in [-0.15, -0.1) is 0 Å². The Morgan fingerprint density at radius 2 is 1.72 bits per heavy atom. The predicted octanol–water partition coefficient (Wildman–Crippen LogP) is 2.44. The quantitative estimate of drug-likeness (QED) is 0.498. The molecule has 1 aliphatic rings. The highest BCUT2D eigenvalue weighted by atomic mass is 16.5. The second kappa shape index (κ2) is 6.76. The zero-order valence-corrected chi connectivity index (χ0v) is 13.7. The number of amides is 3. The Kier molecular flexibility index (Phi) is 4.52. The minimum atomic E-state index is -0.893. The second-order valence-electron chi connectivity index (χ2n) is 6.14. The molecule has 1 atom stereocenters. The van der Waals surface area contributed by atoms with Crippen LogP contribution in [0.25, 0.3) is 0 Å². The first kappa shape index (κ1) is 16.7. The number of carbonyl (C=O) groups is 3. The molecule has 0 spiro atoms. The van der Waals surface area contributed by atoms with Crippen LogP contribution in [-0.2, 0) is 11.2 Å². The molecule has 1 saturated heterocycles. The Bertz CT molecular complexity index is 802. The van der Waals surface area contributed by atoms with Crippen LogP contribution in [0.2, 0.25) is 0 Å². The maximum atomic E-state index is 12.0. The van der Waals surface area contributed by atoms with Crippen molar-refractivity contribution in [2.45, 2.75) is 25.3 Å². The van der Waals surface area contributed by atoms with Gasteiger partial charge in [0.2, 0.25) is 0 Å². The molecule has 1 aliphatic heterocycles. The van der Waals surface area contributed by atoms with Crippen LogP contribution in [0.3, 0.4) is 0 Å². The molecule has 2 N–H and O–H groups in total.